The van der Waals surface area contributed by atoms with E-state index in [1.54, 1.807) is 36.2 Å². The first-order valence-corrected chi connectivity index (χ1v) is 10.8. The second-order valence-electron chi connectivity index (χ2n) is 6.98. The maximum absolute atomic E-state index is 12.4. The minimum Gasteiger partial charge on any atom is -0.488 e. The lowest BCUT2D eigenvalue weighted by atomic mass is 10.3. The average molecular weight is 404 g/mol. The van der Waals surface area contributed by atoms with Crippen LogP contribution in [0.15, 0.2) is 52.2 Å². The van der Waals surface area contributed by atoms with Crippen LogP contribution in [0.25, 0.3) is 0 Å². The van der Waals surface area contributed by atoms with Crippen LogP contribution >= 0.6 is 0 Å². The Hall–Kier alpha value is -2.61. The van der Waals surface area contributed by atoms with Crippen LogP contribution in [0, 0.1) is 6.92 Å². The number of amides is 1. The van der Waals surface area contributed by atoms with E-state index in [4.69, 9.17) is 4.74 Å². The monoisotopic (exact) mass is 404 g/mol. The lowest BCUT2D eigenvalue weighted by molar-refractivity contribution is -0.130. The van der Waals surface area contributed by atoms with Crippen LogP contribution < -0.4 is 10.3 Å². The molecule has 1 aliphatic heterocycles. The fraction of sp³-hybridized carbons (Fsp3) is 0.400. The molecule has 0 saturated carbocycles. The van der Waals surface area contributed by atoms with Gasteiger partial charge in [-0.2, -0.15) is 0 Å². The van der Waals surface area contributed by atoms with Crippen LogP contribution in [-0.4, -0.2) is 48.7 Å². The van der Waals surface area contributed by atoms with E-state index in [-0.39, 0.29) is 34.6 Å². The summed E-state index contributed by atoms with van der Waals surface area (Å²) in [6.07, 6.45) is 0.376. The first-order chi connectivity index (χ1) is 13.3. The van der Waals surface area contributed by atoms with E-state index in [0.717, 1.165) is 5.69 Å². The highest BCUT2D eigenvalue weighted by molar-refractivity contribution is 7.91. The molecule has 1 aromatic carbocycles. The molecule has 3 rings (SSSR count). The number of ether oxygens (including phenoxy) is 1. The molecule has 0 bridgehead atoms. The van der Waals surface area contributed by atoms with Gasteiger partial charge in [-0.1, -0.05) is 18.2 Å². The fourth-order valence-electron chi connectivity index (χ4n) is 3.17. The molecule has 1 saturated heterocycles. The Balaban J connectivity index is 1.55. The molecule has 1 atom stereocenters. The molecule has 0 aliphatic carbocycles. The normalized spacial score (nSPS) is 16.9. The predicted octanol–water partition coefficient (Wildman–Crippen LogP) is 1.54. The van der Waals surface area contributed by atoms with E-state index in [1.807, 2.05) is 6.92 Å². The smallest absolute Gasteiger partial charge is 0.254 e. The third-order valence-electron chi connectivity index (χ3n) is 4.96. The molecule has 0 N–H and O–H groups in total. The van der Waals surface area contributed by atoms with E-state index in [1.165, 1.54) is 22.8 Å². The zero-order chi connectivity index (χ0) is 20.3. The van der Waals surface area contributed by atoms with Gasteiger partial charge in [-0.3, -0.25) is 9.59 Å². The van der Waals surface area contributed by atoms with Crippen LogP contribution in [0.5, 0.6) is 5.75 Å². The summed E-state index contributed by atoms with van der Waals surface area (Å²) in [7, 11) is -1.78. The van der Waals surface area contributed by atoms with Crippen molar-refractivity contribution in [2.45, 2.75) is 30.8 Å². The van der Waals surface area contributed by atoms with E-state index < -0.39 is 9.84 Å². The van der Waals surface area contributed by atoms with Crippen molar-refractivity contribution in [1.82, 2.24) is 9.47 Å². The van der Waals surface area contributed by atoms with Gasteiger partial charge in [-0.05, 0) is 25.1 Å². The van der Waals surface area contributed by atoms with Gasteiger partial charge in [0.05, 0.1) is 17.2 Å². The quantitative estimate of drug-likeness (QED) is 0.729. The van der Waals surface area contributed by atoms with Crippen molar-refractivity contribution in [3.8, 4) is 5.75 Å². The van der Waals surface area contributed by atoms with Gasteiger partial charge in [0.25, 0.3) is 5.56 Å². The molecule has 1 amide bonds. The van der Waals surface area contributed by atoms with E-state index in [2.05, 4.69) is 0 Å². The van der Waals surface area contributed by atoms with Crippen molar-refractivity contribution in [2.24, 2.45) is 7.05 Å². The molecule has 0 spiro atoms. The summed E-state index contributed by atoms with van der Waals surface area (Å²) in [6, 6.07) is 11.4. The molecule has 2 heterocycles. The molecular formula is C20H24N2O5S. The third-order valence-corrected chi connectivity index (χ3v) is 6.70. The highest BCUT2D eigenvalue weighted by Gasteiger charge is 2.28. The van der Waals surface area contributed by atoms with Gasteiger partial charge in [-0.25, -0.2) is 8.42 Å². The second kappa shape index (κ2) is 8.18. The number of sulfone groups is 1. The molecular weight excluding hydrogens is 380 g/mol. The van der Waals surface area contributed by atoms with Gasteiger partial charge in [0, 0.05) is 38.2 Å². The zero-order valence-electron chi connectivity index (χ0n) is 16.0. The Kier molecular flexibility index (Phi) is 5.88. The number of hydrogen-bond donors (Lipinski definition) is 0. The average Bonchev–Trinajstić information content (AvgIpc) is 3.13. The molecule has 150 valence electrons. The summed E-state index contributed by atoms with van der Waals surface area (Å²) in [4.78, 5) is 26.1. The van der Waals surface area contributed by atoms with Crippen molar-refractivity contribution in [3.63, 3.8) is 0 Å². The molecule has 1 aromatic heterocycles. The summed E-state index contributed by atoms with van der Waals surface area (Å²) in [5, 5.41) is 0. The number of carbonyl (C=O) groups is 1. The first kappa shape index (κ1) is 20.1. The number of carbonyl (C=O) groups excluding carboxylic acids is 1. The van der Waals surface area contributed by atoms with Crippen LogP contribution in [-0.2, 0) is 21.7 Å². The zero-order valence-corrected chi connectivity index (χ0v) is 16.8. The van der Waals surface area contributed by atoms with E-state index in [9.17, 15) is 18.0 Å². The summed E-state index contributed by atoms with van der Waals surface area (Å²) < 4.78 is 32.0. The van der Waals surface area contributed by atoms with Crippen molar-refractivity contribution in [3.05, 3.63) is 58.5 Å². The first-order valence-electron chi connectivity index (χ1n) is 9.16. The SMILES string of the molecule is Cc1cc(OC2CCN(C(=O)CCS(=O)(=O)c3ccccc3)C2)cc(=O)n1C. The number of rotatable bonds is 6. The van der Waals surface area contributed by atoms with Crippen LogP contribution in [0.1, 0.15) is 18.5 Å². The van der Waals surface area contributed by atoms with Crippen molar-refractivity contribution >= 4 is 15.7 Å². The van der Waals surface area contributed by atoms with Gasteiger partial charge in [0.15, 0.2) is 9.84 Å². The fourth-order valence-corrected chi connectivity index (χ4v) is 4.42. The molecule has 8 heteroatoms. The van der Waals surface area contributed by atoms with Crippen molar-refractivity contribution in [1.29, 1.82) is 0 Å². The summed E-state index contributed by atoms with van der Waals surface area (Å²) in [5.74, 6) is 0.0727. The molecule has 28 heavy (non-hydrogen) atoms. The van der Waals surface area contributed by atoms with Gasteiger partial charge in [0.2, 0.25) is 5.91 Å². The molecule has 0 radical (unpaired) electrons. The number of aryl methyl sites for hydroxylation is 1. The number of hydrogen-bond acceptors (Lipinski definition) is 5. The Bertz CT molecular complexity index is 1010. The minimum atomic E-state index is -3.48. The third kappa shape index (κ3) is 4.62. The lowest BCUT2D eigenvalue weighted by Gasteiger charge is -2.18. The topological polar surface area (TPSA) is 85.7 Å². The number of aromatic nitrogens is 1. The Morgan fingerprint density at radius 1 is 1.21 bits per heavy atom. The number of likely N-dealkylation sites (tertiary alicyclic amines) is 1. The standard InChI is InChI=1S/C20H24N2O5S/c1-15-12-17(13-20(24)21(15)2)27-16-8-10-22(14-16)19(23)9-11-28(25,26)18-6-4-3-5-7-18/h3-7,12-13,16H,8-11,14H2,1-2H3. The molecule has 1 unspecified atom stereocenters. The Labute approximate surface area is 164 Å². The number of benzene rings is 1. The van der Waals surface area contributed by atoms with E-state index in [0.29, 0.717) is 25.3 Å². The Morgan fingerprint density at radius 2 is 1.93 bits per heavy atom. The largest absolute Gasteiger partial charge is 0.488 e. The number of nitrogens with zero attached hydrogens (tertiary/aromatic N) is 2. The highest BCUT2D eigenvalue weighted by atomic mass is 32.2. The van der Waals surface area contributed by atoms with Crippen LogP contribution in [0.4, 0.5) is 0 Å². The molecule has 1 fully saturated rings. The molecule has 2 aromatic rings. The van der Waals surface area contributed by atoms with E-state index >= 15 is 0 Å². The molecule has 1 aliphatic rings. The van der Waals surface area contributed by atoms with Gasteiger partial charge in [0.1, 0.15) is 11.9 Å². The second-order valence-corrected chi connectivity index (χ2v) is 9.09. The summed E-state index contributed by atoms with van der Waals surface area (Å²) >= 11 is 0. The molecule has 7 nitrogen and oxygen atoms in total. The van der Waals surface area contributed by atoms with Crippen molar-refractivity contribution in [2.75, 3.05) is 18.8 Å². The number of pyridine rings is 1. The Morgan fingerprint density at radius 3 is 2.61 bits per heavy atom. The van der Waals surface area contributed by atoms with Crippen molar-refractivity contribution < 1.29 is 17.9 Å². The van der Waals surface area contributed by atoms with Gasteiger partial charge in [-0.15, -0.1) is 0 Å². The van der Waals surface area contributed by atoms with Gasteiger partial charge < -0.3 is 14.2 Å². The summed E-state index contributed by atoms with van der Waals surface area (Å²) in [5.41, 5.74) is 0.645. The minimum absolute atomic E-state index is 0.0606. The summed E-state index contributed by atoms with van der Waals surface area (Å²) in [6.45, 7) is 2.73. The van der Waals surface area contributed by atoms with Crippen LogP contribution in [0.3, 0.4) is 0 Å². The maximum Gasteiger partial charge on any atom is 0.254 e. The highest BCUT2D eigenvalue weighted by Crippen LogP contribution is 2.19. The maximum atomic E-state index is 12.4. The predicted molar refractivity (Wildman–Crippen MR) is 105 cm³/mol. The van der Waals surface area contributed by atoms with Gasteiger partial charge >= 0.3 is 0 Å². The van der Waals surface area contributed by atoms with Crippen LogP contribution in [0.2, 0.25) is 0 Å². The lowest BCUT2D eigenvalue weighted by Crippen LogP contribution is -2.32.